The number of amides is 1. The van der Waals surface area contributed by atoms with Crippen molar-refractivity contribution in [3.05, 3.63) is 17.8 Å². The smallest absolute Gasteiger partial charge is 0.274 e. The number of nitrogen functional groups attached to an aromatic ring is 1. The fourth-order valence-electron chi connectivity index (χ4n) is 0.796. The van der Waals surface area contributed by atoms with Crippen LogP contribution in [0.3, 0.4) is 0 Å². The SMILES string of the molecule is CCN(C)C(=O)c1ccc(N)nn1. The van der Waals surface area contributed by atoms with Crippen molar-refractivity contribution in [2.24, 2.45) is 0 Å². The molecule has 0 aliphatic rings. The molecule has 0 bridgehead atoms. The maximum Gasteiger partial charge on any atom is 0.274 e. The fourth-order valence-corrected chi connectivity index (χ4v) is 0.796. The summed E-state index contributed by atoms with van der Waals surface area (Å²) in [5.41, 5.74) is 5.66. The highest BCUT2D eigenvalue weighted by Crippen LogP contribution is 2.00. The van der Waals surface area contributed by atoms with E-state index in [2.05, 4.69) is 10.2 Å². The number of anilines is 1. The predicted octanol–water partition coefficient (Wildman–Crippen LogP) is 0.151. The Bertz CT molecular complexity index is 296. The normalized spacial score (nSPS) is 9.69. The molecular weight excluding hydrogens is 168 g/mol. The van der Waals surface area contributed by atoms with Gasteiger partial charge in [0.05, 0.1) is 0 Å². The third-order valence-corrected chi connectivity index (χ3v) is 1.73. The second-order valence-corrected chi connectivity index (χ2v) is 2.66. The van der Waals surface area contributed by atoms with Gasteiger partial charge >= 0.3 is 0 Å². The minimum absolute atomic E-state index is 0.144. The van der Waals surface area contributed by atoms with Gasteiger partial charge in [-0.3, -0.25) is 4.79 Å². The molecule has 0 saturated heterocycles. The third kappa shape index (κ3) is 2.14. The Morgan fingerprint density at radius 2 is 2.23 bits per heavy atom. The van der Waals surface area contributed by atoms with Crippen molar-refractivity contribution in [3.8, 4) is 0 Å². The highest BCUT2D eigenvalue weighted by atomic mass is 16.2. The topological polar surface area (TPSA) is 72.1 Å². The maximum absolute atomic E-state index is 11.5. The molecule has 0 spiro atoms. The first-order valence-corrected chi connectivity index (χ1v) is 3.99. The molecule has 1 aromatic heterocycles. The maximum atomic E-state index is 11.5. The predicted molar refractivity (Wildman–Crippen MR) is 49.1 cm³/mol. The molecule has 1 rings (SSSR count). The van der Waals surface area contributed by atoms with Gasteiger partial charge in [0.25, 0.3) is 5.91 Å². The van der Waals surface area contributed by atoms with Gasteiger partial charge in [0.2, 0.25) is 0 Å². The number of carbonyl (C=O) groups is 1. The van der Waals surface area contributed by atoms with Crippen LogP contribution in [0.4, 0.5) is 5.82 Å². The van der Waals surface area contributed by atoms with Crippen LogP contribution in [0.25, 0.3) is 0 Å². The minimum Gasteiger partial charge on any atom is -0.382 e. The molecule has 1 heterocycles. The van der Waals surface area contributed by atoms with Crippen LogP contribution >= 0.6 is 0 Å². The van der Waals surface area contributed by atoms with Crippen LogP contribution in [-0.4, -0.2) is 34.6 Å². The Balaban J connectivity index is 2.83. The molecule has 0 aliphatic carbocycles. The van der Waals surface area contributed by atoms with E-state index in [1.54, 1.807) is 24.1 Å². The number of hydrogen-bond donors (Lipinski definition) is 1. The molecule has 1 aromatic rings. The Labute approximate surface area is 76.6 Å². The van der Waals surface area contributed by atoms with Crippen molar-refractivity contribution in [1.82, 2.24) is 15.1 Å². The molecule has 2 N–H and O–H groups in total. The van der Waals surface area contributed by atoms with Crippen molar-refractivity contribution in [2.45, 2.75) is 6.92 Å². The van der Waals surface area contributed by atoms with E-state index in [-0.39, 0.29) is 5.91 Å². The van der Waals surface area contributed by atoms with Gasteiger partial charge in [0, 0.05) is 13.6 Å². The summed E-state index contributed by atoms with van der Waals surface area (Å²) in [6, 6.07) is 3.13. The average Bonchev–Trinajstić information content (AvgIpc) is 2.17. The number of nitrogens with zero attached hydrogens (tertiary/aromatic N) is 3. The van der Waals surface area contributed by atoms with E-state index in [1.165, 1.54) is 0 Å². The molecule has 0 unspecified atom stereocenters. The summed E-state index contributed by atoms with van der Waals surface area (Å²) in [4.78, 5) is 13.0. The van der Waals surface area contributed by atoms with Gasteiger partial charge in [-0.2, -0.15) is 0 Å². The second-order valence-electron chi connectivity index (χ2n) is 2.66. The van der Waals surface area contributed by atoms with E-state index in [0.29, 0.717) is 18.1 Å². The van der Waals surface area contributed by atoms with Crippen LogP contribution in [0.15, 0.2) is 12.1 Å². The molecule has 0 aromatic carbocycles. The molecule has 5 heteroatoms. The molecule has 0 radical (unpaired) electrons. The van der Waals surface area contributed by atoms with Crippen LogP contribution in [0, 0.1) is 0 Å². The molecule has 1 amide bonds. The van der Waals surface area contributed by atoms with Crippen molar-refractivity contribution >= 4 is 11.7 Å². The first-order valence-electron chi connectivity index (χ1n) is 3.99. The standard InChI is InChI=1S/C8H12N4O/c1-3-12(2)8(13)6-4-5-7(9)11-10-6/h4-5H,3H2,1-2H3,(H2,9,11). The van der Waals surface area contributed by atoms with Gasteiger partial charge in [-0.05, 0) is 19.1 Å². The van der Waals surface area contributed by atoms with Crippen LogP contribution in [0.1, 0.15) is 17.4 Å². The molecule has 0 fully saturated rings. The molecule has 70 valence electrons. The highest BCUT2D eigenvalue weighted by molar-refractivity contribution is 5.91. The zero-order valence-electron chi connectivity index (χ0n) is 7.69. The summed E-state index contributed by atoms with van der Waals surface area (Å²) in [6.07, 6.45) is 0. The van der Waals surface area contributed by atoms with Gasteiger partial charge in [0.1, 0.15) is 5.82 Å². The Hall–Kier alpha value is -1.65. The summed E-state index contributed by atoms with van der Waals surface area (Å²) in [5.74, 6) is 0.172. The van der Waals surface area contributed by atoms with Gasteiger partial charge in [-0.1, -0.05) is 0 Å². The number of hydrogen-bond acceptors (Lipinski definition) is 4. The van der Waals surface area contributed by atoms with Crippen molar-refractivity contribution in [1.29, 1.82) is 0 Å². The van der Waals surface area contributed by atoms with Crippen molar-refractivity contribution in [3.63, 3.8) is 0 Å². The minimum atomic E-state index is -0.144. The first-order chi connectivity index (χ1) is 6.15. The van der Waals surface area contributed by atoms with Gasteiger partial charge < -0.3 is 10.6 Å². The lowest BCUT2D eigenvalue weighted by Gasteiger charge is -2.12. The summed E-state index contributed by atoms with van der Waals surface area (Å²) in [6.45, 7) is 2.54. The lowest BCUT2D eigenvalue weighted by atomic mass is 10.3. The van der Waals surface area contributed by atoms with E-state index in [9.17, 15) is 4.79 Å². The highest BCUT2D eigenvalue weighted by Gasteiger charge is 2.11. The summed E-state index contributed by atoms with van der Waals surface area (Å²) in [7, 11) is 1.71. The zero-order valence-corrected chi connectivity index (χ0v) is 7.69. The number of aromatic nitrogens is 2. The third-order valence-electron chi connectivity index (χ3n) is 1.73. The van der Waals surface area contributed by atoms with Crippen molar-refractivity contribution in [2.75, 3.05) is 19.3 Å². The summed E-state index contributed by atoms with van der Waals surface area (Å²) >= 11 is 0. The molecule has 0 aliphatic heterocycles. The number of nitrogens with two attached hydrogens (primary N) is 1. The quantitative estimate of drug-likeness (QED) is 0.703. The Morgan fingerprint density at radius 3 is 2.69 bits per heavy atom. The first kappa shape index (κ1) is 9.44. The van der Waals surface area contributed by atoms with E-state index < -0.39 is 0 Å². The molecular formula is C8H12N4O. The number of rotatable bonds is 2. The van der Waals surface area contributed by atoms with E-state index >= 15 is 0 Å². The zero-order chi connectivity index (χ0) is 9.84. The van der Waals surface area contributed by atoms with Crippen LogP contribution in [-0.2, 0) is 0 Å². The monoisotopic (exact) mass is 180 g/mol. The van der Waals surface area contributed by atoms with Crippen LogP contribution in [0.5, 0.6) is 0 Å². The van der Waals surface area contributed by atoms with E-state index in [1.807, 2.05) is 6.92 Å². The van der Waals surface area contributed by atoms with Gasteiger partial charge in [0.15, 0.2) is 5.69 Å². The van der Waals surface area contributed by atoms with Crippen LogP contribution in [0.2, 0.25) is 0 Å². The van der Waals surface area contributed by atoms with Gasteiger partial charge in [-0.15, -0.1) is 10.2 Å². The largest absolute Gasteiger partial charge is 0.382 e. The van der Waals surface area contributed by atoms with E-state index in [0.717, 1.165) is 0 Å². The van der Waals surface area contributed by atoms with E-state index in [4.69, 9.17) is 5.73 Å². The lowest BCUT2D eigenvalue weighted by molar-refractivity contribution is 0.0795. The summed E-state index contributed by atoms with van der Waals surface area (Å²) < 4.78 is 0. The fraction of sp³-hybridized carbons (Fsp3) is 0.375. The lowest BCUT2D eigenvalue weighted by Crippen LogP contribution is -2.27. The average molecular weight is 180 g/mol. The summed E-state index contributed by atoms with van der Waals surface area (Å²) in [5, 5.41) is 7.28. The molecule has 0 atom stereocenters. The van der Waals surface area contributed by atoms with Crippen LogP contribution < -0.4 is 5.73 Å². The Kier molecular flexibility index (Phi) is 2.79. The molecule has 5 nitrogen and oxygen atoms in total. The molecule has 0 saturated carbocycles. The van der Waals surface area contributed by atoms with Crippen molar-refractivity contribution < 1.29 is 4.79 Å². The Morgan fingerprint density at radius 1 is 1.54 bits per heavy atom. The van der Waals surface area contributed by atoms with Gasteiger partial charge in [-0.25, -0.2) is 0 Å². The molecule has 13 heavy (non-hydrogen) atoms. The second kappa shape index (κ2) is 3.84. The number of carbonyl (C=O) groups excluding carboxylic acids is 1.